The fraction of sp³-hybridized carbons (Fsp3) is 0.316. The molecule has 9 heteroatoms. The number of anilines is 2. The van der Waals surface area contributed by atoms with Gasteiger partial charge >= 0.3 is 12.1 Å². The summed E-state index contributed by atoms with van der Waals surface area (Å²) < 4.78 is 14.0. The Labute approximate surface area is 162 Å². The Hall–Kier alpha value is -3.20. The van der Waals surface area contributed by atoms with Gasteiger partial charge in [0.25, 0.3) is 0 Å². The second-order valence-corrected chi connectivity index (χ2v) is 6.73. The van der Waals surface area contributed by atoms with Crippen LogP contribution in [0.5, 0.6) is 0 Å². The zero-order valence-electron chi connectivity index (χ0n) is 15.4. The van der Waals surface area contributed by atoms with E-state index in [0.29, 0.717) is 43.1 Å². The van der Waals surface area contributed by atoms with E-state index in [1.807, 2.05) is 6.92 Å². The van der Waals surface area contributed by atoms with Gasteiger partial charge in [0.1, 0.15) is 5.82 Å². The van der Waals surface area contributed by atoms with Gasteiger partial charge in [0, 0.05) is 44.1 Å². The molecule has 0 spiro atoms. The molecule has 3 rings (SSSR count). The highest BCUT2D eigenvalue weighted by Gasteiger charge is 2.27. The van der Waals surface area contributed by atoms with Crippen LogP contribution in [-0.2, 0) is 6.54 Å². The highest BCUT2D eigenvalue weighted by molar-refractivity contribution is 5.99. The van der Waals surface area contributed by atoms with Gasteiger partial charge in [-0.1, -0.05) is 0 Å². The van der Waals surface area contributed by atoms with Crippen molar-refractivity contribution in [3.05, 3.63) is 54.1 Å². The van der Waals surface area contributed by atoms with Crippen molar-refractivity contribution in [3.8, 4) is 0 Å². The van der Waals surface area contributed by atoms with Crippen LogP contribution in [0.1, 0.15) is 12.5 Å². The fourth-order valence-corrected chi connectivity index (χ4v) is 3.26. The van der Waals surface area contributed by atoms with E-state index in [1.54, 1.807) is 24.4 Å². The fourth-order valence-electron chi connectivity index (χ4n) is 3.26. The molecule has 1 atom stereocenters. The van der Waals surface area contributed by atoms with Crippen molar-refractivity contribution in [2.75, 3.05) is 30.3 Å². The Kier molecular flexibility index (Phi) is 6.05. The summed E-state index contributed by atoms with van der Waals surface area (Å²) in [7, 11) is 0. The molecule has 148 valence electrons. The minimum absolute atomic E-state index is 0.136. The molecule has 0 bridgehead atoms. The highest BCUT2D eigenvalue weighted by atomic mass is 19.1. The Morgan fingerprint density at radius 2 is 2.04 bits per heavy atom. The van der Waals surface area contributed by atoms with Crippen molar-refractivity contribution in [2.24, 2.45) is 0 Å². The number of carboxylic acid groups (broad SMARTS) is 1. The van der Waals surface area contributed by atoms with Gasteiger partial charge in [0.05, 0.1) is 11.9 Å². The molecule has 1 aliphatic heterocycles. The number of urea groups is 1. The number of amides is 3. The van der Waals surface area contributed by atoms with E-state index in [0.717, 1.165) is 0 Å². The number of hydrogen-bond donors (Lipinski definition) is 3. The third kappa shape index (κ3) is 5.17. The molecule has 0 unspecified atom stereocenters. The Bertz CT molecular complexity index is 849. The molecule has 1 aromatic heterocycles. The Balaban J connectivity index is 1.62. The maximum absolute atomic E-state index is 14.0. The summed E-state index contributed by atoms with van der Waals surface area (Å²) in [5, 5.41) is 14.4. The molecule has 28 heavy (non-hydrogen) atoms. The zero-order valence-corrected chi connectivity index (χ0v) is 15.4. The standard InChI is InChI=1S/C19H22FN5O3/c1-13-11-24(5-6-25(13)19(27)28)12-14-7-15(20)9-17(8-14)23-18(26)22-16-3-2-4-21-10-16/h2-4,7-10,13H,5-6,11-12H2,1H3,(H,27,28)(H2,22,23,26)/t13-/m1/s1. The van der Waals surface area contributed by atoms with Gasteiger partial charge in [-0.05, 0) is 42.8 Å². The van der Waals surface area contributed by atoms with Crippen molar-refractivity contribution in [1.29, 1.82) is 0 Å². The molecule has 2 aromatic rings. The van der Waals surface area contributed by atoms with Crippen LogP contribution in [0.2, 0.25) is 0 Å². The van der Waals surface area contributed by atoms with Gasteiger partial charge in [-0.15, -0.1) is 0 Å². The number of pyridine rings is 1. The summed E-state index contributed by atoms with van der Waals surface area (Å²) in [6.45, 7) is 3.85. The average Bonchev–Trinajstić information content (AvgIpc) is 2.61. The van der Waals surface area contributed by atoms with E-state index in [4.69, 9.17) is 5.11 Å². The van der Waals surface area contributed by atoms with Crippen molar-refractivity contribution in [3.63, 3.8) is 0 Å². The van der Waals surface area contributed by atoms with E-state index >= 15 is 0 Å². The molecule has 3 N–H and O–H groups in total. The molecule has 0 saturated carbocycles. The van der Waals surface area contributed by atoms with Crippen LogP contribution >= 0.6 is 0 Å². The summed E-state index contributed by atoms with van der Waals surface area (Å²) in [6, 6.07) is 7.13. The average molecular weight is 387 g/mol. The SMILES string of the molecule is C[C@@H]1CN(Cc2cc(F)cc(NC(=O)Nc3cccnc3)c2)CCN1C(=O)O. The molecule has 0 aliphatic carbocycles. The highest BCUT2D eigenvalue weighted by Crippen LogP contribution is 2.18. The normalized spacial score (nSPS) is 17.2. The third-order valence-corrected chi connectivity index (χ3v) is 4.50. The maximum Gasteiger partial charge on any atom is 0.407 e. The Morgan fingerprint density at radius 1 is 1.25 bits per heavy atom. The van der Waals surface area contributed by atoms with Gasteiger partial charge in [0.15, 0.2) is 0 Å². The minimum Gasteiger partial charge on any atom is -0.465 e. The number of carbonyl (C=O) groups is 2. The van der Waals surface area contributed by atoms with Gasteiger partial charge in [-0.25, -0.2) is 14.0 Å². The quantitative estimate of drug-likeness (QED) is 0.749. The summed E-state index contributed by atoms with van der Waals surface area (Å²) in [5.41, 5.74) is 1.57. The predicted octanol–water partition coefficient (Wildman–Crippen LogP) is 3.05. The van der Waals surface area contributed by atoms with Crippen LogP contribution in [0.4, 0.5) is 25.4 Å². The third-order valence-electron chi connectivity index (χ3n) is 4.50. The first-order valence-corrected chi connectivity index (χ1v) is 8.90. The summed E-state index contributed by atoms with van der Waals surface area (Å²) in [4.78, 5) is 30.6. The van der Waals surface area contributed by atoms with Crippen LogP contribution in [0.25, 0.3) is 0 Å². The predicted molar refractivity (Wildman–Crippen MR) is 103 cm³/mol. The number of halogens is 1. The lowest BCUT2D eigenvalue weighted by Crippen LogP contribution is -2.53. The number of aromatic nitrogens is 1. The number of carbonyl (C=O) groups excluding carboxylic acids is 1. The molecule has 1 saturated heterocycles. The molecular formula is C19H22FN5O3. The van der Waals surface area contributed by atoms with E-state index in [-0.39, 0.29) is 6.04 Å². The van der Waals surface area contributed by atoms with Crippen molar-refractivity contribution >= 4 is 23.5 Å². The lowest BCUT2D eigenvalue weighted by atomic mass is 10.1. The van der Waals surface area contributed by atoms with E-state index < -0.39 is 17.9 Å². The summed E-state index contributed by atoms with van der Waals surface area (Å²) >= 11 is 0. The Morgan fingerprint density at radius 3 is 2.71 bits per heavy atom. The van der Waals surface area contributed by atoms with Gasteiger partial charge in [-0.3, -0.25) is 9.88 Å². The molecule has 1 aliphatic rings. The van der Waals surface area contributed by atoms with Gasteiger partial charge in [0.2, 0.25) is 0 Å². The number of hydrogen-bond acceptors (Lipinski definition) is 4. The van der Waals surface area contributed by atoms with Crippen LogP contribution in [-0.4, -0.2) is 57.7 Å². The molecule has 3 amide bonds. The van der Waals surface area contributed by atoms with Gasteiger partial charge < -0.3 is 20.6 Å². The van der Waals surface area contributed by atoms with Crippen molar-refractivity contribution < 1.29 is 19.1 Å². The minimum atomic E-state index is -0.927. The maximum atomic E-state index is 14.0. The molecule has 8 nitrogen and oxygen atoms in total. The van der Waals surface area contributed by atoms with Gasteiger partial charge in [-0.2, -0.15) is 0 Å². The molecule has 0 radical (unpaired) electrons. The van der Waals surface area contributed by atoms with Crippen LogP contribution in [0.3, 0.4) is 0 Å². The van der Waals surface area contributed by atoms with Crippen LogP contribution in [0.15, 0.2) is 42.7 Å². The number of benzene rings is 1. The van der Waals surface area contributed by atoms with Crippen LogP contribution in [0, 0.1) is 5.82 Å². The second-order valence-electron chi connectivity index (χ2n) is 6.73. The zero-order chi connectivity index (χ0) is 20.1. The van der Waals surface area contributed by atoms with Crippen LogP contribution < -0.4 is 10.6 Å². The summed E-state index contributed by atoms with van der Waals surface area (Å²) in [5.74, 6) is -0.452. The number of rotatable bonds is 4. The number of nitrogens with zero attached hydrogens (tertiary/aromatic N) is 3. The monoisotopic (exact) mass is 387 g/mol. The molecule has 2 heterocycles. The van der Waals surface area contributed by atoms with E-state index in [9.17, 15) is 14.0 Å². The van der Waals surface area contributed by atoms with Crippen molar-refractivity contribution in [2.45, 2.75) is 19.5 Å². The largest absolute Gasteiger partial charge is 0.465 e. The first-order valence-electron chi connectivity index (χ1n) is 8.90. The van der Waals surface area contributed by atoms with E-state index in [1.165, 1.54) is 23.2 Å². The first kappa shape index (κ1) is 19.6. The van der Waals surface area contributed by atoms with E-state index in [2.05, 4.69) is 20.5 Å². The van der Waals surface area contributed by atoms with Crippen molar-refractivity contribution in [1.82, 2.24) is 14.8 Å². The molecule has 1 aromatic carbocycles. The summed E-state index contributed by atoms with van der Waals surface area (Å²) in [6.07, 6.45) is 2.18. The number of nitrogens with one attached hydrogen (secondary N) is 2. The molecular weight excluding hydrogens is 365 g/mol. The lowest BCUT2D eigenvalue weighted by Gasteiger charge is -2.38. The second kappa shape index (κ2) is 8.66. The number of piperazine rings is 1. The lowest BCUT2D eigenvalue weighted by molar-refractivity contribution is 0.0711. The molecule has 1 fully saturated rings. The first-order chi connectivity index (χ1) is 13.4. The smallest absolute Gasteiger partial charge is 0.407 e. The topological polar surface area (TPSA) is 97.8 Å².